The van der Waals surface area contributed by atoms with Crippen LogP contribution in [0.4, 0.5) is 0 Å². The predicted octanol–water partition coefficient (Wildman–Crippen LogP) is 0.606. The van der Waals surface area contributed by atoms with Gasteiger partial charge in [0, 0.05) is 13.0 Å². The number of nitrogens with zero attached hydrogens (tertiary/aromatic N) is 1. The molecule has 7 heteroatoms. The summed E-state index contributed by atoms with van der Waals surface area (Å²) in [6.45, 7) is 0.699. The van der Waals surface area contributed by atoms with E-state index in [9.17, 15) is 13.2 Å². The standard InChI is InChI=1S/C9H12N2O3S2/c12-8-3-1-5-11(8)7-10-16(13,14)9-4-2-6-15-9/h2,4,6,10H,1,3,5,7H2. The molecular weight excluding hydrogens is 248 g/mol. The van der Waals surface area contributed by atoms with E-state index in [4.69, 9.17) is 0 Å². The SMILES string of the molecule is O=C1CCCN1CNS(=O)(=O)c1cccs1. The maximum atomic E-state index is 11.7. The molecule has 0 unspecified atom stereocenters. The number of nitrogens with one attached hydrogen (secondary N) is 1. The molecule has 2 heterocycles. The molecule has 2 rings (SSSR count). The van der Waals surface area contributed by atoms with Crippen molar-refractivity contribution in [3.05, 3.63) is 17.5 Å². The van der Waals surface area contributed by atoms with E-state index in [1.54, 1.807) is 17.5 Å². The third-order valence-corrected chi connectivity index (χ3v) is 5.16. The molecule has 0 atom stereocenters. The highest BCUT2D eigenvalue weighted by atomic mass is 32.2. The summed E-state index contributed by atoms with van der Waals surface area (Å²) >= 11 is 1.16. The highest BCUT2D eigenvalue weighted by molar-refractivity contribution is 7.91. The Morgan fingerprint density at radius 2 is 2.31 bits per heavy atom. The fraction of sp³-hybridized carbons (Fsp3) is 0.444. The number of carbonyl (C=O) groups is 1. The molecule has 88 valence electrons. The van der Waals surface area contributed by atoms with Gasteiger partial charge in [0.25, 0.3) is 10.0 Å². The normalized spacial score (nSPS) is 17.0. The van der Waals surface area contributed by atoms with Crippen LogP contribution in [0.1, 0.15) is 12.8 Å². The molecule has 0 bridgehead atoms. The molecule has 0 aromatic carbocycles. The van der Waals surface area contributed by atoms with Crippen LogP contribution in [0, 0.1) is 0 Å². The van der Waals surface area contributed by atoms with Gasteiger partial charge in [-0.15, -0.1) is 11.3 Å². The highest BCUT2D eigenvalue weighted by Gasteiger charge is 2.22. The van der Waals surface area contributed by atoms with Crippen LogP contribution < -0.4 is 4.72 Å². The maximum Gasteiger partial charge on any atom is 0.251 e. The number of thiophene rings is 1. The van der Waals surface area contributed by atoms with Gasteiger partial charge in [0.15, 0.2) is 0 Å². The molecule has 5 nitrogen and oxygen atoms in total. The van der Waals surface area contributed by atoms with Crippen molar-refractivity contribution in [1.29, 1.82) is 0 Å². The van der Waals surface area contributed by atoms with Gasteiger partial charge in [0.2, 0.25) is 5.91 Å². The molecule has 1 aromatic heterocycles. The predicted molar refractivity (Wildman–Crippen MR) is 60.5 cm³/mol. The van der Waals surface area contributed by atoms with Crippen LogP contribution >= 0.6 is 11.3 Å². The second-order valence-corrected chi connectivity index (χ2v) is 6.44. The summed E-state index contributed by atoms with van der Waals surface area (Å²) in [5.41, 5.74) is 0. The van der Waals surface area contributed by atoms with Crippen LogP contribution in [-0.4, -0.2) is 32.4 Å². The van der Waals surface area contributed by atoms with E-state index in [1.165, 1.54) is 4.90 Å². The van der Waals surface area contributed by atoms with Crippen molar-refractivity contribution in [3.63, 3.8) is 0 Å². The lowest BCUT2D eigenvalue weighted by molar-refractivity contribution is -0.127. The number of amides is 1. The van der Waals surface area contributed by atoms with E-state index in [-0.39, 0.29) is 16.8 Å². The topological polar surface area (TPSA) is 66.5 Å². The van der Waals surface area contributed by atoms with E-state index in [2.05, 4.69) is 4.72 Å². The Morgan fingerprint density at radius 3 is 2.88 bits per heavy atom. The number of likely N-dealkylation sites (tertiary alicyclic amines) is 1. The second-order valence-electron chi connectivity index (χ2n) is 3.50. The van der Waals surface area contributed by atoms with Crippen molar-refractivity contribution >= 4 is 27.3 Å². The summed E-state index contributed by atoms with van der Waals surface area (Å²) in [4.78, 5) is 12.8. The minimum absolute atomic E-state index is 0.00822. The van der Waals surface area contributed by atoms with Gasteiger partial charge in [0.1, 0.15) is 4.21 Å². The van der Waals surface area contributed by atoms with Crippen LogP contribution in [0.15, 0.2) is 21.7 Å². The zero-order valence-electron chi connectivity index (χ0n) is 8.55. The molecule has 0 saturated carbocycles. The van der Waals surface area contributed by atoms with Crippen molar-refractivity contribution in [1.82, 2.24) is 9.62 Å². The zero-order chi connectivity index (χ0) is 11.6. The average molecular weight is 260 g/mol. The summed E-state index contributed by atoms with van der Waals surface area (Å²) in [6.07, 6.45) is 1.32. The van der Waals surface area contributed by atoms with Gasteiger partial charge in [0.05, 0.1) is 6.67 Å². The van der Waals surface area contributed by atoms with E-state index in [1.807, 2.05) is 0 Å². The molecule has 1 aliphatic rings. The minimum atomic E-state index is -3.45. The molecule has 1 saturated heterocycles. The molecule has 1 N–H and O–H groups in total. The van der Waals surface area contributed by atoms with Gasteiger partial charge in [-0.25, -0.2) is 8.42 Å². The monoisotopic (exact) mass is 260 g/mol. The van der Waals surface area contributed by atoms with E-state index < -0.39 is 10.0 Å². The molecule has 0 aliphatic carbocycles. The fourth-order valence-corrected chi connectivity index (χ4v) is 3.55. The first kappa shape index (κ1) is 11.6. The Morgan fingerprint density at radius 1 is 1.50 bits per heavy atom. The summed E-state index contributed by atoms with van der Waals surface area (Å²) < 4.78 is 26.1. The largest absolute Gasteiger partial charge is 0.329 e. The number of carbonyl (C=O) groups excluding carboxylic acids is 1. The number of rotatable bonds is 4. The first-order valence-corrected chi connectivity index (χ1v) is 7.27. The average Bonchev–Trinajstić information content (AvgIpc) is 2.85. The molecule has 1 aliphatic heterocycles. The summed E-state index contributed by atoms with van der Waals surface area (Å²) in [6, 6.07) is 3.22. The molecule has 0 spiro atoms. The van der Waals surface area contributed by atoms with Gasteiger partial charge in [-0.1, -0.05) is 6.07 Å². The lowest BCUT2D eigenvalue weighted by Crippen LogP contribution is -2.37. The highest BCUT2D eigenvalue weighted by Crippen LogP contribution is 2.15. The third-order valence-electron chi connectivity index (χ3n) is 2.38. The quantitative estimate of drug-likeness (QED) is 0.862. The fourth-order valence-electron chi connectivity index (χ4n) is 1.52. The third kappa shape index (κ3) is 2.42. The second kappa shape index (κ2) is 4.52. The molecule has 1 aromatic rings. The minimum Gasteiger partial charge on any atom is -0.329 e. The molecule has 1 fully saturated rings. The number of hydrogen-bond donors (Lipinski definition) is 1. The van der Waals surface area contributed by atoms with Crippen LogP contribution in [-0.2, 0) is 14.8 Å². The first-order valence-electron chi connectivity index (χ1n) is 4.90. The molecule has 16 heavy (non-hydrogen) atoms. The maximum absolute atomic E-state index is 11.7. The van der Waals surface area contributed by atoms with E-state index in [0.717, 1.165) is 17.8 Å². The van der Waals surface area contributed by atoms with Gasteiger partial charge in [-0.3, -0.25) is 4.79 Å². The summed E-state index contributed by atoms with van der Waals surface area (Å²) in [5.74, 6) is 0.00822. The molecular formula is C9H12N2O3S2. The van der Waals surface area contributed by atoms with E-state index in [0.29, 0.717) is 13.0 Å². The lowest BCUT2D eigenvalue weighted by Gasteiger charge is -2.15. The van der Waals surface area contributed by atoms with Crippen molar-refractivity contribution < 1.29 is 13.2 Å². The van der Waals surface area contributed by atoms with Crippen LogP contribution in [0.5, 0.6) is 0 Å². The molecule has 0 radical (unpaired) electrons. The van der Waals surface area contributed by atoms with Gasteiger partial charge >= 0.3 is 0 Å². The Kier molecular flexibility index (Phi) is 3.27. The lowest BCUT2D eigenvalue weighted by atomic mass is 10.4. The first-order chi connectivity index (χ1) is 7.59. The van der Waals surface area contributed by atoms with Gasteiger partial charge < -0.3 is 4.90 Å². The summed E-state index contributed by atoms with van der Waals surface area (Å²) in [7, 11) is -3.45. The smallest absolute Gasteiger partial charge is 0.251 e. The van der Waals surface area contributed by atoms with Crippen LogP contribution in [0.2, 0.25) is 0 Å². The number of hydrogen-bond acceptors (Lipinski definition) is 4. The van der Waals surface area contributed by atoms with Crippen molar-refractivity contribution in [2.75, 3.05) is 13.2 Å². The van der Waals surface area contributed by atoms with Crippen molar-refractivity contribution in [2.24, 2.45) is 0 Å². The van der Waals surface area contributed by atoms with Gasteiger partial charge in [-0.05, 0) is 17.9 Å². The molecule has 1 amide bonds. The Bertz CT molecular complexity index is 467. The number of sulfonamides is 1. The summed E-state index contributed by atoms with van der Waals surface area (Å²) in [5, 5.41) is 1.70. The van der Waals surface area contributed by atoms with Crippen LogP contribution in [0.3, 0.4) is 0 Å². The van der Waals surface area contributed by atoms with Crippen LogP contribution in [0.25, 0.3) is 0 Å². The Labute approximate surface area is 98.1 Å². The van der Waals surface area contributed by atoms with Crippen molar-refractivity contribution in [2.45, 2.75) is 17.1 Å². The van der Waals surface area contributed by atoms with E-state index >= 15 is 0 Å². The zero-order valence-corrected chi connectivity index (χ0v) is 10.2. The van der Waals surface area contributed by atoms with Gasteiger partial charge in [-0.2, -0.15) is 4.72 Å². The Balaban J connectivity index is 1.98. The van der Waals surface area contributed by atoms with Crippen molar-refractivity contribution in [3.8, 4) is 0 Å². The Hall–Kier alpha value is -0.920.